The van der Waals surface area contributed by atoms with Gasteiger partial charge in [-0.2, -0.15) is 0 Å². The molecule has 3 heterocycles. The van der Waals surface area contributed by atoms with Gasteiger partial charge in [0.15, 0.2) is 0 Å². The van der Waals surface area contributed by atoms with Crippen LogP contribution >= 0.6 is 0 Å². The Kier molecular flexibility index (Phi) is 19.7. The standard InChI is InChI=1S/C50H77NO12/c1-29-15-12-11-13-16-30(2)42(60-9)27-38-20-18-35(7)50(59,63-38)47(56)48(57)51-22-14-17-39(51)49(58)62-43(33(5)25-37-19-21-40(52)44(26-37)61-10)28-41(53)32(4)24-34(6)45(54)46(55)36(8)31(3)23-29/h11-13,15-16,24,29,31-33,35,37-40,42-46,52,54-55,59H,8,14,17-23,25-28H2,1-7,9-10H3/b13-11+,15-12+,30-16+,34-24+. The molecule has 13 nitrogen and oxygen atoms in total. The van der Waals surface area contributed by atoms with Crippen LogP contribution in [0.4, 0.5) is 0 Å². The maximum absolute atomic E-state index is 14.2. The lowest BCUT2D eigenvalue weighted by Gasteiger charge is -2.41. The van der Waals surface area contributed by atoms with Gasteiger partial charge >= 0.3 is 5.97 Å². The second-order valence-corrected chi connectivity index (χ2v) is 19.2. The molecule has 4 rings (SSSR count). The van der Waals surface area contributed by atoms with Crippen LogP contribution in [0.5, 0.6) is 0 Å². The topological polar surface area (TPSA) is 189 Å². The van der Waals surface area contributed by atoms with Crippen LogP contribution in [0.3, 0.4) is 0 Å². The molecule has 2 saturated heterocycles. The van der Waals surface area contributed by atoms with Crippen LogP contribution in [0.15, 0.2) is 59.8 Å². The summed E-state index contributed by atoms with van der Waals surface area (Å²) in [6, 6.07) is -1.12. The van der Waals surface area contributed by atoms with E-state index in [4.69, 9.17) is 18.9 Å². The van der Waals surface area contributed by atoms with Gasteiger partial charge in [-0.05, 0) is 112 Å². The fourth-order valence-electron chi connectivity index (χ4n) is 9.81. The zero-order valence-electron chi connectivity index (χ0n) is 39.2. The molecule has 4 aliphatic rings. The number of ether oxygens (including phenoxy) is 4. The first kappa shape index (κ1) is 52.3. The van der Waals surface area contributed by atoms with Crippen molar-refractivity contribution in [2.75, 3.05) is 20.8 Å². The van der Waals surface area contributed by atoms with Crippen molar-refractivity contribution in [3.63, 3.8) is 0 Å². The second-order valence-electron chi connectivity index (χ2n) is 19.2. The molecule has 0 aromatic heterocycles. The van der Waals surface area contributed by atoms with E-state index in [0.29, 0.717) is 62.5 Å². The van der Waals surface area contributed by atoms with Crippen LogP contribution in [-0.2, 0) is 38.1 Å². The number of aliphatic hydroxyl groups excluding tert-OH is 3. The number of ketones is 2. The SMILES string of the molecule is C=C1C(C)CC(C)/C=C/C=C/C=C(\C)C(OC)CC2CCC(C)C(O)(O2)C(=O)C(=O)N2CCCC2C(=O)OC(C(C)CC2CCC(O)C(OC)C2)CC(=O)C(C)/C=C(\C)C(O)C1O. The molecule has 0 aromatic carbocycles. The minimum absolute atomic E-state index is 0.0953. The van der Waals surface area contributed by atoms with E-state index in [1.807, 2.05) is 45.1 Å². The molecule has 4 N–H and O–H groups in total. The highest BCUT2D eigenvalue weighted by Gasteiger charge is 2.53. The second kappa shape index (κ2) is 23.8. The molecule has 3 fully saturated rings. The van der Waals surface area contributed by atoms with Crippen molar-refractivity contribution >= 4 is 23.4 Å². The number of allylic oxidation sites excluding steroid dienone is 6. The largest absolute Gasteiger partial charge is 0.460 e. The van der Waals surface area contributed by atoms with E-state index < -0.39 is 77.9 Å². The van der Waals surface area contributed by atoms with Gasteiger partial charge in [0.25, 0.3) is 11.7 Å². The normalized spacial score (nSPS) is 41.1. The summed E-state index contributed by atoms with van der Waals surface area (Å²) in [4.78, 5) is 57.5. The number of methoxy groups -OCH3 is 2. The summed E-state index contributed by atoms with van der Waals surface area (Å²) in [5.41, 5.74) is 1.79. The summed E-state index contributed by atoms with van der Waals surface area (Å²) in [6.07, 6.45) is 10.9. The van der Waals surface area contributed by atoms with Crippen molar-refractivity contribution in [3.05, 3.63) is 59.8 Å². The minimum atomic E-state index is -2.41. The van der Waals surface area contributed by atoms with Gasteiger partial charge in [-0.1, -0.05) is 77.7 Å². The Hall–Kier alpha value is -3.30. The lowest BCUT2D eigenvalue weighted by molar-refractivity contribution is -0.265. The van der Waals surface area contributed by atoms with E-state index >= 15 is 0 Å². The van der Waals surface area contributed by atoms with E-state index in [2.05, 4.69) is 19.6 Å². The summed E-state index contributed by atoms with van der Waals surface area (Å²) < 4.78 is 23.7. The summed E-state index contributed by atoms with van der Waals surface area (Å²) in [6.45, 7) is 17.1. The average molecular weight is 884 g/mol. The van der Waals surface area contributed by atoms with E-state index in [1.165, 1.54) is 0 Å². The number of nitrogens with zero attached hydrogens (tertiary/aromatic N) is 1. The summed E-state index contributed by atoms with van der Waals surface area (Å²) in [7, 11) is 3.15. The number of carbonyl (C=O) groups is 4. The van der Waals surface area contributed by atoms with Crippen LogP contribution in [0.2, 0.25) is 0 Å². The molecule has 13 heteroatoms. The molecule has 1 aliphatic carbocycles. The van der Waals surface area contributed by atoms with Gasteiger partial charge < -0.3 is 44.3 Å². The van der Waals surface area contributed by atoms with Crippen molar-refractivity contribution in [3.8, 4) is 0 Å². The van der Waals surface area contributed by atoms with E-state index in [9.17, 15) is 39.6 Å². The highest BCUT2D eigenvalue weighted by atomic mass is 16.6. The van der Waals surface area contributed by atoms with E-state index in [-0.39, 0.29) is 54.9 Å². The third-order valence-corrected chi connectivity index (χ3v) is 14.2. The molecule has 15 atom stereocenters. The van der Waals surface area contributed by atoms with Gasteiger partial charge in [0, 0.05) is 45.4 Å². The Balaban J connectivity index is 1.67. The number of amides is 1. The molecular weight excluding hydrogens is 807 g/mol. The first-order valence-corrected chi connectivity index (χ1v) is 23.2. The van der Waals surface area contributed by atoms with Gasteiger partial charge in [-0.3, -0.25) is 14.4 Å². The number of cyclic esters (lactones) is 1. The highest BCUT2D eigenvalue weighted by molar-refractivity contribution is 6.39. The quantitative estimate of drug-likeness (QED) is 0.141. The predicted molar refractivity (Wildman–Crippen MR) is 240 cm³/mol. The summed E-state index contributed by atoms with van der Waals surface area (Å²) in [5, 5.41) is 44.8. The van der Waals surface area contributed by atoms with Gasteiger partial charge in [0.05, 0.1) is 24.4 Å². The van der Waals surface area contributed by atoms with Crippen molar-refractivity contribution in [1.29, 1.82) is 0 Å². The smallest absolute Gasteiger partial charge is 0.329 e. The predicted octanol–water partition coefficient (Wildman–Crippen LogP) is 6.12. The number of Topliss-reactive ketones (excluding diaryl/α,β-unsaturated/α-hetero) is 2. The van der Waals surface area contributed by atoms with Gasteiger partial charge in [0.2, 0.25) is 5.79 Å². The molecular formula is C50H77NO12. The van der Waals surface area contributed by atoms with Gasteiger partial charge in [0.1, 0.15) is 30.1 Å². The number of aliphatic hydroxyl groups is 4. The lowest BCUT2D eigenvalue weighted by atomic mass is 9.78. The zero-order chi connectivity index (χ0) is 46.8. The Morgan fingerprint density at radius 1 is 0.889 bits per heavy atom. The number of rotatable bonds is 5. The third kappa shape index (κ3) is 13.6. The third-order valence-electron chi connectivity index (χ3n) is 14.2. The van der Waals surface area contributed by atoms with E-state index in [1.54, 1.807) is 41.1 Å². The maximum Gasteiger partial charge on any atom is 0.329 e. The molecule has 0 spiro atoms. The Bertz CT molecular complexity index is 1720. The van der Waals surface area contributed by atoms with Gasteiger partial charge in [-0.15, -0.1) is 0 Å². The van der Waals surface area contributed by atoms with E-state index in [0.717, 1.165) is 16.9 Å². The average Bonchev–Trinajstić information content (AvgIpc) is 3.75. The molecule has 0 aromatic rings. The number of carbonyl (C=O) groups excluding carboxylic acids is 4. The van der Waals surface area contributed by atoms with Crippen LogP contribution in [0.1, 0.15) is 119 Å². The number of hydrogen-bond acceptors (Lipinski definition) is 12. The number of esters is 1. The molecule has 2 bridgehead atoms. The van der Waals surface area contributed by atoms with Crippen molar-refractivity contribution < 1.29 is 58.6 Å². The molecule has 1 saturated carbocycles. The molecule has 63 heavy (non-hydrogen) atoms. The fraction of sp³-hybridized carbons (Fsp3) is 0.720. The van der Waals surface area contributed by atoms with Crippen LogP contribution in [0.25, 0.3) is 0 Å². The summed E-state index contributed by atoms with van der Waals surface area (Å²) >= 11 is 0. The molecule has 1 amide bonds. The van der Waals surface area contributed by atoms with Crippen molar-refractivity contribution in [2.24, 2.45) is 35.5 Å². The Labute approximate surface area is 375 Å². The number of fused-ring (bicyclic) bond motifs is 3. The van der Waals surface area contributed by atoms with Crippen LogP contribution in [-0.4, -0.2) is 124 Å². The molecule has 354 valence electrons. The molecule has 15 unspecified atom stereocenters. The highest BCUT2D eigenvalue weighted by Crippen LogP contribution is 2.38. The lowest BCUT2D eigenvalue weighted by Crippen LogP contribution is -2.59. The monoisotopic (exact) mass is 884 g/mol. The first-order chi connectivity index (χ1) is 29.7. The Morgan fingerprint density at radius 2 is 1.60 bits per heavy atom. The maximum atomic E-state index is 14.2. The Morgan fingerprint density at radius 3 is 2.29 bits per heavy atom. The van der Waals surface area contributed by atoms with Crippen LogP contribution in [0, 0.1) is 35.5 Å². The summed E-state index contributed by atoms with van der Waals surface area (Å²) in [5.74, 6) is -7.19. The van der Waals surface area contributed by atoms with Crippen molar-refractivity contribution in [2.45, 2.75) is 174 Å². The van der Waals surface area contributed by atoms with Crippen LogP contribution < -0.4 is 0 Å². The number of hydrogen-bond donors (Lipinski definition) is 4. The fourth-order valence-corrected chi connectivity index (χ4v) is 9.81. The zero-order valence-corrected chi connectivity index (χ0v) is 39.2. The molecule has 0 radical (unpaired) electrons. The molecule has 3 aliphatic heterocycles. The minimum Gasteiger partial charge on any atom is -0.460 e. The van der Waals surface area contributed by atoms with Crippen molar-refractivity contribution in [1.82, 2.24) is 4.90 Å². The van der Waals surface area contributed by atoms with Gasteiger partial charge in [-0.25, -0.2) is 4.79 Å². The first-order valence-electron chi connectivity index (χ1n) is 23.2.